The van der Waals surface area contributed by atoms with Gasteiger partial charge < -0.3 is 30.2 Å². The van der Waals surface area contributed by atoms with E-state index in [0.29, 0.717) is 53.9 Å². The van der Waals surface area contributed by atoms with Crippen LogP contribution in [0.25, 0.3) is 11.1 Å². The molecule has 1 fully saturated rings. The number of benzene rings is 1. The van der Waals surface area contributed by atoms with Gasteiger partial charge in [-0.15, -0.1) is 0 Å². The minimum absolute atomic E-state index is 0.0201. The van der Waals surface area contributed by atoms with Gasteiger partial charge in [-0.25, -0.2) is 0 Å². The van der Waals surface area contributed by atoms with Crippen molar-refractivity contribution in [3.05, 3.63) is 45.6 Å². The molecule has 1 aliphatic carbocycles. The molecule has 1 saturated heterocycles. The molecule has 3 N–H and O–H groups in total. The maximum absolute atomic E-state index is 13.9. The van der Waals surface area contributed by atoms with Gasteiger partial charge in [-0.05, 0) is 79.6 Å². The van der Waals surface area contributed by atoms with Crippen LogP contribution in [-0.4, -0.2) is 69.8 Å². The predicted octanol–water partition coefficient (Wildman–Crippen LogP) is 4.29. The Bertz CT molecular complexity index is 1410. The van der Waals surface area contributed by atoms with Crippen molar-refractivity contribution in [3.8, 4) is 28.4 Å². The van der Waals surface area contributed by atoms with Crippen molar-refractivity contribution in [1.29, 1.82) is 0 Å². The van der Waals surface area contributed by atoms with E-state index in [1.807, 2.05) is 26.0 Å². The minimum atomic E-state index is -0.594. The standard InChI is InChI=1S/C34H48N4O6/c1-8-20(3)31(34(41)35-19-23-11-10-16-38(23)9-2)37-27-15-13-24-25(18-28(27)40)26(36-21(4)39)14-12-22-17-29(42-5)32(43-6)33(44-7)30(22)24/h13,15,17-18,20,23,26,31H,8-12,14,16,19H2,1-7H3,(H,35,41)(H,36,39)(H,37,40)/t20-,23?,26+,31+/m0/s1. The molecule has 44 heavy (non-hydrogen) atoms. The number of hydrogen-bond acceptors (Lipinski definition) is 8. The molecule has 4 atom stereocenters. The van der Waals surface area contributed by atoms with Crippen LogP contribution in [0.4, 0.5) is 5.69 Å². The van der Waals surface area contributed by atoms with Crippen LogP contribution >= 0.6 is 0 Å². The van der Waals surface area contributed by atoms with Crippen molar-refractivity contribution in [2.24, 2.45) is 5.92 Å². The molecule has 10 heteroatoms. The smallest absolute Gasteiger partial charge is 0.242 e. The summed E-state index contributed by atoms with van der Waals surface area (Å²) in [4.78, 5) is 42.1. The molecule has 1 heterocycles. The van der Waals surface area contributed by atoms with Gasteiger partial charge in [0.15, 0.2) is 11.5 Å². The number of fused-ring (bicyclic) bond motifs is 3. The fourth-order valence-corrected chi connectivity index (χ4v) is 6.57. The Labute approximate surface area is 260 Å². The van der Waals surface area contributed by atoms with Crippen LogP contribution in [0.3, 0.4) is 0 Å². The number of likely N-dealkylation sites (N-methyl/N-ethyl adjacent to an activating group) is 1. The number of carbonyl (C=O) groups excluding carboxylic acids is 2. The van der Waals surface area contributed by atoms with E-state index in [-0.39, 0.29) is 23.2 Å². The Kier molecular flexibility index (Phi) is 11.1. The monoisotopic (exact) mass is 608 g/mol. The quantitative estimate of drug-likeness (QED) is 0.327. The highest BCUT2D eigenvalue weighted by Crippen LogP contribution is 2.50. The summed E-state index contributed by atoms with van der Waals surface area (Å²) >= 11 is 0. The van der Waals surface area contributed by atoms with E-state index in [2.05, 4.69) is 27.8 Å². The van der Waals surface area contributed by atoms with Gasteiger partial charge >= 0.3 is 0 Å². The number of ether oxygens (including phenoxy) is 3. The summed E-state index contributed by atoms with van der Waals surface area (Å²) < 4.78 is 17.2. The first-order valence-electron chi connectivity index (χ1n) is 15.7. The molecule has 1 aliphatic heterocycles. The summed E-state index contributed by atoms with van der Waals surface area (Å²) in [6.45, 7) is 10.3. The first-order chi connectivity index (χ1) is 21.2. The number of aryl methyl sites for hydroxylation is 1. The van der Waals surface area contributed by atoms with Crippen LogP contribution < -0.4 is 35.6 Å². The molecule has 10 nitrogen and oxygen atoms in total. The van der Waals surface area contributed by atoms with Gasteiger partial charge in [0.05, 0.1) is 33.1 Å². The highest BCUT2D eigenvalue weighted by Gasteiger charge is 2.31. The van der Waals surface area contributed by atoms with Gasteiger partial charge in [0.25, 0.3) is 0 Å². The number of anilines is 1. The first kappa shape index (κ1) is 33.1. The number of nitrogens with zero attached hydrogens (tertiary/aromatic N) is 1. The number of nitrogens with one attached hydrogen (secondary N) is 3. The third-order valence-electron chi connectivity index (χ3n) is 9.14. The van der Waals surface area contributed by atoms with Crippen molar-refractivity contribution in [1.82, 2.24) is 15.5 Å². The van der Waals surface area contributed by atoms with Crippen LogP contribution in [0, 0.1) is 5.92 Å². The summed E-state index contributed by atoms with van der Waals surface area (Å²) in [7, 11) is 4.70. The van der Waals surface area contributed by atoms with Crippen LogP contribution in [-0.2, 0) is 16.0 Å². The van der Waals surface area contributed by atoms with Gasteiger partial charge in [0, 0.05) is 25.1 Å². The maximum atomic E-state index is 13.9. The summed E-state index contributed by atoms with van der Waals surface area (Å²) in [5.41, 5.74) is 3.20. The number of amides is 2. The third kappa shape index (κ3) is 6.96. The molecule has 0 aromatic heterocycles. The number of likely N-dealkylation sites (tertiary alicyclic amines) is 1. The molecule has 2 aromatic rings. The van der Waals surface area contributed by atoms with Gasteiger partial charge in [0.2, 0.25) is 23.0 Å². The number of carbonyl (C=O) groups is 2. The lowest BCUT2D eigenvalue weighted by Crippen LogP contribution is -2.48. The van der Waals surface area contributed by atoms with Gasteiger partial charge in [-0.2, -0.15) is 0 Å². The zero-order chi connectivity index (χ0) is 32.0. The molecule has 0 spiro atoms. The van der Waals surface area contributed by atoms with E-state index >= 15 is 0 Å². The normalized spacial score (nSPS) is 19.1. The molecule has 0 saturated carbocycles. The number of hydrogen-bond donors (Lipinski definition) is 3. The molecular weight excluding hydrogens is 560 g/mol. The second-order valence-corrected chi connectivity index (χ2v) is 11.8. The van der Waals surface area contributed by atoms with E-state index in [4.69, 9.17) is 14.2 Å². The summed E-state index contributed by atoms with van der Waals surface area (Å²) in [6.07, 6.45) is 4.14. The molecule has 1 unspecified atom stereocenters. The lowest BCUT2D eigenvalue weighted by Gasteiger charge is -2.27. The molecule has 0 bridgehead atoms. The van der Waals surface area contributed by atoms with Crippen molar-refractivity contribution in [3.63, 3.8) is 0 Å². The molecule has 4 rings (SSSR count). The second kappa shape index (κ2) is 14.8. The zero-order valence-electron chi connectivity index (χ0n) is 27.2. The third-order valence-corrected chi connectivity index (χ3v) is 9.14. The molecular formula is C34H48N4O6. The Balaban J connectivity index is 1.78. The van der Waals surface area contributed by atoms with Gasteiger partial charge in [0.1, 0.15) is 6.04 Å². The van der Waals surface area contributed by atoms with E-state index < -0.39 is 12.1 Å². The molecule has 2 aliphatic rings. The Hall–Kier alpha value is -3.79. The highest BCUT2D eigenvalue weighted by atomic mass is 16.5. The number of rotatable bonds is 12. The van der Waals surface area contributed by atoms with Crippen molar-refractivity contribution in [2.75, 3.05) is 46.3 Å². The molecule has 2 aromatic carbocycles. The van der Waals surface area contributed by atoms with Crippen molar-refractivity contribution in [2.45, 2.75) is 77.9 Å². The van der Waals surface area contributed by atoms with Crippen molar-refractivity contribution >= 4 is 17.5 Å². The van der Waals surface area contributed by atoms with Crippen molar-refractivity contribution < 1.29 is 23.8 Å². The topological polar surface area (TPSA) is 118 Å². The SMILES string of the molecule is CC[C@H](C)[C@@H](Nc1ccc2c(cc1=O)[C@H](NC(C)=O)CCc1cc(OC)c(OC)c(OC)c1-2)C(=O)NCC1CCCN1CC. The highest BCUT2D eigenvalue weighted by molar-refractivity contribution is 5.86. The fourth-order valence-electron chi connectivity index (χ4n) is 6.57. The van der Waals surface area contributed by atoms with E-state index in [1.165, 1.54) is 6.92 Å². The summed E-state index contributed by atoms with van der Waals surface area (Å²) in [6, 6.07) is 6.43. The molecule has 240 valence electrons. The van der Waals surface area contributed by atoms with E-state index in [9.17, 15) is 14.4 Å². The van der Waals surface area contributed by atoms with Crippen LogP contribution in [0.15, 0.2) is 29.1 Å². The maximum Gasteiger partial charge on any atom is 0.242 e. The molecule has 0 radical (unpaired) electrons. The van der Waals surface area contributed by atoms with Crippen LogP contribution in [0.1, 0.15) is 70.5 Å². The zero-order valence-corrected chi connectivity index (χ0v) is 27.2. The fraction of sp³-hybridized carbons (Fsp3) is 0.559. The Morgan fingerprint density at radius 1 is 1.05 bits per heavy atom. The predicted molar refractivity (Wildman–Crippen MR) is 173 cm³/mol. The lowest BCUT2D eigenvalue weighted by atomic mass is 9.95. The average Bonchev–Trinajstić information content (AvgIpc) is 3.36. The Morgan fingerprint density at radius 2 is 1.80 bits per heavy atom. The Morgan fingerprint density at radius 3 is 2.43 bits per heavy atom. The van der Waals surface area contributed by atoms with Gasteiger partial charge in [-0.1, -0.05) is 33.3 Å². The molecule has 2 amide bonds. The van der Waals surface area contributed by atoms with Gasteiger partial charge in [-0.3, -0.25) is 19.3 Å². The minimum Gasteiger partial charge on any atom is -0.493 e. The van der Waals surface area contributed by atoms with E-state index in [1.54, 1.807) is 33.5 Å². The lowest BCUT2D eigenvalue weighted by molar-refractivity contribution is -0.123. The number of methoxy groups -OCH3 is 3. The summed E-state index contributed by atoms with van der Waals surface area (Å²) in [5.74, 6) is 1.15. The largest absolute Gasteiger partial charge is 0.493 e. The van der Waals surface area contributed by atoms with E-state index in [0.717, 1.165) is 49.0 Å². The second-order valence-electron chi connectivity index (χ2n) is 11.8. The van der Waals surface area contributed by atoms with Crippen LogP contribution in [0.2, 0.25) is 0 Å². The first-order valence-corrected chi connectivity index (χ1v) is 15.7. The average molecular weight is 609 g/mol. The van der Waals surface area contributed by atoms with Crippen LogP contribution in [0.5, 0.6) is 17.2 Å². The summed E-state index contributed by atoms with van der Waals surface area (Å²) in [5, 5.41) is 9.50.